The van der Waals surface area contributed by atoms with Crippen LogP contribution in [0.5, 0.6) is 17.2 Å². The Morgan fingerprint density at radius 1 is 0.839 bits per heavy atom. The van der Waals surface area contributed by atoms with Crippen LogP contribution in [0.25, 0.3) is 0 Å². The highest BCUT2D eigenvalue weighted by atomic mass is 32.2. The van der Waals surface area contributed by atoms with Gasteiger partial charge in [0, 0.05) is 0 Å². The van der Waals surface area contributed by atoms with Crippen molar-refractivity contribution < 1.29 is 27.7 Å². The summed E-state index contributed by atoms with van der Waals surface area (Å²) >= 11 is 0. The van der Waals surface area contributed by atoms with Crippen LogP contribution < -0.4 is 18.5 Å². The number of sulfonamides is 1. The predicted octanol–water partition coefficient (Wildman–Crippen LogP) is 3.34. The third-order valence-electron chi connectivity index (χ3n) is 4.56. The molecule has 0 bridgehead atoms. The molecular formula is C23H25NO6S. The number of hydrogen-bond donors (Lipinski definition) is 1. The van der Waals surface area contributed by atoms with E-state index in [2.05, 4.69) is 0 Å². The van der Waals surface area contributed by atoms with Crippen molar-refractivity contribution in [2.75, 3.05) is 31.7 Å². The van der Waals surface area contributed by atoms with E-state index in [1.54, 1.807) is 73.8 Å². The third-order valence-corrected chi connectivity index (χ3v) is 6.36. The minimum Gasteiger partial charge on any atom is -0.497 e. The monoisotopic (exact) mass is 443 g/mol. The first-order valence-corrected chi connectivity index (χ1v) is 11.1. The Labute approximate surface area is 182 Å². The molecule has 0 amide bonds. The fourth-order valence-electron chi connectivity index (χ4n) is 2.99. The fourth-order valence-corrected chi connectivity index (χ4v) is 4.52. The molecule has 0 aliphatic heterocycles. The summed E-state index contributed by atoms with van der Waals surface area (Å²) in [6.07, 6.45) is -1.09. The highest BCUT2D eigenvalue weighted by Gasteiger charge is 2.29. The van der Waals surface area contributed by atoms with Gasteiger partial charge in [0.25, 0.3) is 10.0 Å². The predicted molar refractivity (Wildman–Crippen MR) is 118 cm³/mol. The number of anilines is 1. The summed E-state index contributed by atoms with van der Waals surface area (Å²) < 4.78 is 44.0. The summed E-state index contributed by atoms with van der Waals surface area (Å²) in [7, 11) is -0.916. The van der Waals surface area contributed by atoms with E-state index in [-0.39, 0.29) is 18.0 Å². The van der Waals surface area contributed by atoms with Gasteiger partial charge in [0.05, 0.1) is 31.3 Å². The molecule has 0 spiro atoms. The molecular weight excluding hydrogens is 418 g/mol. The zero-order valence-corrected chi connectivity index (χ0v) is 18.2. The maximum atomic E-state index is 13.4. The molecule has 0 saturated carbocycles. The zero-order chi connectivity index (χ0) is 22.3. The molecule has 164 valence electrons. The molecule has 0 aliphatic carbocycles. The Morgan fingerprint density at radius 2 is 1.45 bits per heavy atom. The molecule has 0 saturated heterocycles. The van der Waals surface area contributed by atoms with Crippen LogP contribution in [0.1, 0.15) is 0 Å². The van der Waals surface area contributed by atoms with Crippen molar-refractivity contribution in [3.63, 3.8) is 0 Å². The van der Waals surface area contributed by atoms with Crippen molar-refractivity contribution in [2.45, 2.75) is 11.0 Å². The van der Waals surface area contributed by atoms with E-state index >= 15 is 0 Å². The summed E-state index contributed by atoms with van der Waals surface area (Å²) in [4.78, 5) is 0.115. The number of benzene rings is 3. The lowest BCUT2D eigenvalue weighted by Gasteiger charge is -2.28. The minimum absolute atomic E-state index is 0.0950. The Kier molecular flexibility index (Phi) is 7.38. The van der Waals surface area contributed by atoms with E-state index in [9.17, 15) is 13.5 Å². The molecule has 1 N–H and O–H groups in total. The molecule has 1 atom stereocenters. The summed E-state index contributed by atoms with van der Waals surface area (Å²) in [5, 5.41) is 10.6. The van der Waals surface area contributed by atoms with Gasteiger partial charge < -0.3 is 19.3 Å². The second kappa shape index (κ2) is 10.2. The number of methoxy groups -OCH3 is 2. The number of rotatable bonds is 10. The van der Waals surface area contributed by atoms with Crippen molar-refractivity contribution in [1.82, 2.24) is 0 Å². The Hall–Kier alpha value is -3.23. The maximum Gasteiger partial charge on any atom is 0.264 e. The van der Waals surface area contributed by atoms with Crippen molar-refractivity contribution in [3.05, 3.63) is 78.9 Å². The van der Waals surface area contributed by atoms with Gasteiger partial charge in [-0.05, 0) is 48.5 Å². The van der Waals surface area contributed by atoms with Crippen LogP contribution in [0.2, 0.25) is 0 Å². The highest BCUT2D eigenvalue weighted by molar-refractivity contribution is 7.92. The van der Waals surface area contributed by atoms with Crippen LogP contribution in [0.4, 0.5) is 5.69 Å². The molecule has 8 heteroatoms. The Morgan fingerprint density at radius 3 is 2.10 bits per heavy atom. The number of ether oxygens (including phenoxy) is 3. The van der Waals surface area contributed by atoms with Crippen LogP contribution in [0.3, 0.4) is 0 Å². The normalized spacial score (nSPS) is 12.1. The van der Waals surface area contributed by atoms with Crippen LogP contribution in [0, 0.1) is 0 Å². The lowest BCUT2D eigenvalue weighted by molar-refractivity contribution is 0.115. The van der Waals surface area contributed by atoms with E-state index in [4.69, 9.17) is 14.2 Å². The van der Waals surface area contributed by atoms with Crippen LogP contribution >= 0.6 is 0 Å². The summed E-state index contributed by atoms with van der Waals surface area (Å²) in [5.41, 5.74) is 0.331. The summed E-state index contributed by atoms with van der Waals surface area (Å²) in [6.45, 7) is -0.309. The van der Waals surface area contributed by atoms with Gasteiger partial charge >= 0.3 is 0 Å². The topological polar surface area (TPSA) is 85.3 Å². The van der Waals surface area contributed by atoms with Gasteiger partial charge in [-0.3, -0.25) is 4.31 Å². The van der Waals surface area contributed by atoms with Gasteiger partial charge in [0.15, 0.2) is 0 Å². The van der Waals surface area contributed by atoms with Gasteiger partial charge in [-0.1, -0.05) is 30.3 Å². The van der Waals surface area contributed by atoms with Crippen molar-refractivity contribution in [3.8, 4) is 17.2 Å². The van der Waals surface area contributed by atoms with E-state index in [1.807, 2.05) is 0 Å². The first-order valence-electron chi connectivity index (χ1n) is 9.61. The van der Waals surface area contributed by atoms with E-state index in [0.29, 0.717) is 22.9 Å². The number of aliphatic hydroxyl groups excluding tert-OH is 1. The Bertz CT molecular complexity index is 1070. The maximum absolute atomic E-state index is 13.4. The number of para-hydroxylation sites is 2. The van der Waals surface area contributed by atoms with Gasteiger partial charge in [0.2, 0.25) is 0 Å². The molecule has 0 aromatic heterocycles. The zero-order valence-electron chi connectivity index (χ0n) is 17.3. The van der Waals surface area contributed by atoms with Crippen LogP contribution in [-0.2, 0) is 10.0 Å². The van der Waals surface area contributed by atoms with Crippen molar-refractivity contribution in [2.24, 2.45) is 0 Å². The molecule has 0 aliphatic rings. The molecule has 7 nitrogen and oxygen atoms in total. The first-order chi connectivity index (χ1) is 15.0. The van der Waals surface area contributed by atoms with Crippen molar-refractivity contribution in [1.29, 1.82) is 0 Å². The average molecular weight is 444 g/mol. The van der Waals surface area contributed by atoms with Gasteiger partial charge in [-0.2, -0.15) is 0 Å². The molecule has 31 heavy (non-hydrogen) atoms. The quantitative estimate of drug-likeness (QED) is 0.517. The molecule has 0 radical (unpaired) electrons. The number of nitrogens with zero attached hydrogens (tertiary/aromatic N) is 1. The lowest BCUT2D eigenvalue weighted by Crippen LogP contribution is -2.40. The van der Waals surface area contributed by atoms with Crippen LogP contribution in [0.15, 0.2) is 83.8 Å². The van der Waals surface area contributed by atoms with Gasteiger partial charge in [-0.25, -0.2) is 8.42 Å². The number of aliphatic hydroxyl groups is 1. The van der Waals surface area contributed by atoms with E-state index in [1.165, 1.54) is 19.2 Å². The lowest BCUT2D eigenvalue weighted by atomic mass is 10.2. The number of hydrogen-bond acceptors (Lipinski definition) is 6. The van der Waals surface area contributed by atoms with E-state index in [0.717, 1.165) is 4.31 Å². The summed E-state index contributed by atoms with van der Waals surface area (Å²) in [6, 6.07) is 21.7. The van der Waals surface area contributed by atoms with E-state index < -0.39 is 16.1 Å². The van der Waals surface area contributed by atoms with Crippen molar-refractivity contribution >= 4 is 15.7 Å². The molecule has 3 rings (SSSR count). The molecule has 0 fully saturated rings. The third kappa shape index (κ3) is 5.48. The smallest absolute Gasteiger partial charge is 0.264 e. The fraction of sp³-hybridized carbons (Fsp3) is 0.217. The molecule has 3 aromatic carbocycles. The highest BCUT2D eigenvalue weighted by Crippen LogP contribution is 2.32. The molecule has 3 aromatic rings. The average Bonchev–Trinajstić information content (AvgIpc) is 2.82. The largest absolute Gasteiger partial charge is 0.497 e. The standard InChI is InChI=1S/C23H25NO6S/c1-28-19-12-14-20(15-13-19)30-17-18(25)16-24(22-10-6-7-11-23(22)29-2)31(26,27)21-8-4-3-5-9-21/h3-15,18,25H,16-17H2,1-2H3. The van der Waals surface area contributed by atoms with Gasteiger partial charge in [-0.15, -0.1) is 0 Å². The van der Waals surface area contributed by atoms with Crippen LogP contribution in [-0.4, -0.2) is 47.0 Å². The molecule has 0 heterocycles. The second-order valence-electron chi connectivity index (χ2n) is 6.66. The van der Waals surface area contributed by atoms with Gasteiger partial charge in [0.1, 0.15) is 30.0 Å². The summed E-state index contributed by atoms with van der Waals surface area (Å²) in [5.74, 6) is 1.60. The SMILES string of the molecule is COc1ccc(OCC(O)CN(c2ccccc2OC)S(=O)(=O)c2ccccc2)cc1. The Balaban J connectivity index is 1.84. The second-order valence-corrected chi connectivity index (χ2v) is 8.52. The minimum atomic E-state index is -3.95. The first kappa shape index (κ1) is 22.5. The molecule has 1 unspecified atom stereocenters.